The minimum atomic E-state index is -1.01. The highest BCUT2D eigenvalue weighted by atomic mass is 16.4. The molecule has 0 fully saturated rings. The molecule has 0 saturated carbocycles. The highest BCUT2D eigenvalue weighted by Gasteiger charge is 2.24. The summed E-state index contributed by atoms with van der Waals surface area (Å²) in [5.41, 5.74) is 3.62. The Morgan fingerprint density at radius 1 is 1.07 bits per heavy atom. The minimum absolute atomic E-state index is 0.0393. The molecule has 146 valence electrons. The maximum atomic E-state index is 13.0. The standard InChI is InChI=1S/C23H26N2O3/c1-5-25-20-9-7-6-8-18(20)19(22(25)23(27)28)14-21(26)24(4)17-12-10-16(11-13-17)15(2)3/h6-13,15H,5,14H2,1-4H3,(H,27,28). The van der Waals surface area contributed by atoms with Crippen molar-refractivity contribution < 1.29 is 14.7 Å². The Hall–Kier alpha value is -3.08. The second-order valence-corrected chi connectivity index (χ2v) is 7.27. The third-order valence-corrected chi connectivity index (χ3v) is 5.24. The fourth-order valence-electron chi connectivity index (χ4n) is 3.62. The van der Waals surface area contributed by atoms with E-state index in [1.807, 2.05) is 55.5 Å². The first-order valence-electron chi connectivity index (χ1n) is 9.55. The molecule has 0 aliphatic carbocycles. The molecule has 28 heavy (non-hydrogen) atoms. The molecule has 3 aromatic rings. The van der Waals surface area contributed by atoms with Gasteiger partial charge in [0.25, 0.3) is 0 Å². The molecule has 3 rings (SSSR count). The second kappa shape index (κ2) is 7.89. The second-order valence-electron chi connectivity index (χ2n) is 7.27. The summed E-state index contributed by atoms with van der Waals surface area (Å²) < 4.78 is 1.76. The average Bonchev–Trinajstić information content (AvgIpc) is 3.01. The number of benzene rings is 2. The Morgan fingerprint density at radius 2 is 1.71 bits per heavy atom. The lowest BCUT2D eigenvalue weighted by molar-refractivity contribution is -0.117. The molecule has 1 amide bonds. The van der Waals surface area contributed by atoms with Gasteiger partial charge in [0.05, 0.1) is 6.42 Å². The molecule has 0 bridgehead atoms. The van der Waals surface area contributed by atoms with E-state index in [0.29, 0.717) is 18.0 Å². The van der Waals surface area contributed by atoms with Crippen molar-refractivity contribution >= 4 is 28.5 Å². The molecule has 5 nitrogen and oxygen atoms in total. The van der Waals surface area contributed by atoms with E-state index < -0.39 is 5.97 Å². The zero-order chi connectivity index (χ0) is 20.4. The van der Waals surface area contributed by atoms with Crippen LogP contribution in [0.2, 0.25) is 0 Å². The number of carboxylic acids is 1. The van der Waals surface area contributed by atoms with Gasteiger partial charge in [-0.3, -0.25) is 4.79 Å². The minimum Gasteiger partial charge on any atom is -0.477 e. The number of nitrogens with zero attached hydrogens (tertiary/aromatic N) is 2. The van der Waals surface area contributed by atoms with E-state index in [9.17, 15) is 14.7 Å². The number of rotatable bonds is 6. The predicted octanol–water partition coefficient (Wildman–Crippen LogP) is 4.69. The van der Waals surface area contributed by atoms with Crippen molar-refractivity contribution in [2.24, 2.45) is 0 Å². The van der Waals surface area contributed by atoms with Crippen LogP contribution >= 0.6 is 0 Å². The van der Waals surface area contributed by atoms with Gasteiger partial charge in [0, 0.05) is 35.7 Å². The van der Waals surface area contributed by atoms with E-state index >= 15 is 0 Å². The third kappa shape index (κ3) is 3.52. The number of carbonyl (C=O) groups excluding carboxylic acids is 1. The van der Waals surface area contributed by atoms with Crippen LogP contribution in [-0.2, 0) is 17.8 Å². The molecule has 0 aliphatic rings. The lowest BCUT2D eigenvalue weighted by Crippen LogP contribution is -2.28. The quantitative estimate of drug-likeness (QED) is 0.677. The van der Waals surface area contributed by atoms with Gasteiger partial charge in [0.2, 0.25) is 5.91 Å². The van der Waals surface area contributed by atoms with E-state index in [4.69, 9.17) is 0 Å². The number of fused-ring (bicyclic) bond motifs is 1. The Labute approximate surface area is 165 Å². The molecular formula is C23H26N2O3. The molecule has 1 aromatic heterocycles. The van der Waals surface area contributed by atoms with Gasteiger partial charge >= 0.3 is 5.97 Å². The fraction of sp³-hybridized carbons (Fsp3) is 0.304. The van der Waals surface area contributed by atoms with Crippen LogP contribution in [0.5, 0.6) is 0 Å². The molecule has 0 atom stereocenters. The molecule has 2 aromatic carbocycles. The Kier molecular flexibility index (Phi) is 5.54. The number of carbonyl (C=O) groups is 2. The molecule has 0 aliphatic heterocycles. The molecule has 1 heterocycles. The van der Waals surface area contributed by atoms with Crippen molar-refractivity contribution in [3.05, 3.63) is 65.4 Å². The predicted molar refractivity (Wildman–Crippen MR) is 112 cm³/mol. The number of aryl methyl sites for hydroxylation is 1. The van der Waals surface area contributed by atoms with Crippen molar-refractivity contribution in [1.29, 1.82) is 0 Å². The number of amides is 1. The number of likely N-dealkylation sites (N-methyl/N-ethyl adjacent to an activating group) is 1. The van der Waals surface area contributed by atoms with Crippen LogP contribution in [0.4, 0.5) is 5.69 Å². The summed E-state index contributed by atoms with van der Waals surface area (Å²) in [4.78, 5) is 26.5. The molecule has 0 saturated heterocycles. The van der Waals surface area contributed by atoms with Crippen LogP contribution in [0.25, 0.3) is 10.9 Å². The number of carboxylic acid groups (broad SMARTS) is 1. The monoisotopic (exact) mass is 378 g/mol. The molecule has 0 spiro atoms. The highest BCUT2D eigenvalue weighted by molar-refractivity contribution is 6.03. The van der Waals surface area contributed by atoms with E-state index in [0.717, 1.165) is 16.6 Å². The van der Waals surface area contributed by atoms with Gasteiger partial charge < -0.3 is 14.6 Å². The number of hydrogen-bond acceptors (Lipinski definition) is 2. The maximum absolute atomic E-state index is 13.0. The summed E-state index contributed by atoms with van der Waals surface area (Å²) in [6, 6.07) is 15.4. The van der Waals surface area contributed by atoms with Crippen molar-refractivity contribution in [2.75, 3.05) is 11.9 Å². The summed E-state index contributed by atoms with van der Waals surface area (Å²) >= 11 is 0. The topological polar surface area (TPSA) is 62.5 Å². The van der Waals surface area contributed by atoms with Crippen molar-refractivity contribution in [3.63, 3.8) is 0 Å². The van der Waals surface area contributed by atoms with Gasteiger partial charge in [-0.05, 0) is 36.6 Å². The van der Waals surface area contributed by atoms with Crippen LogP contribution in [0.15, 0.2) is 48.5 Å². The van der Waals surface area contributed by atoms with Gasteiger partial charge in [0.15, 0.2) is 0 Å². The molecule has 0 radical (unpaired) electrons. The van der Waals surface area contributed by atoms with Crippen LogP contribution < -0.4 is 4.90 Å². The number of anilines is 1. The number of aromatic carboxylic acids is 1. The zero-order valence-electron chi connectivity index (χ0n) is 16.8. The van der Waals surface area contributed by atoms with Crippen molar-refractivity contribution in [2.45, 2.75) is 39.7 Å². The van der Waals surface area contributed by atoms with Crippen LogP contribution in [-0.4, -0.2) is 28.6 Å². The number of para-hydroxylation sites is 1. The maximum Gasteiger partial charge on any atom is 0.352 e. The lowest BCUT2D eigenvalue weighted by atomic mass is 10.0. The lowest BCUT2D eigenvalue weighted by Gasteiger charge is -2.18. The Morgan fingerprint density at radius 3 is 2.29 bits per heavy atom. The molecule has 0 unspecified atom stereocenters. The van der Waals surface area contributed by atoms with Crippen LogP contribution in [0.3, 0.4) is 0 Å². The molecule has 1 N–H and O–H groups in total. The first-order valence-corrected chi connectivity index (χ1v) is 9.55. The van der Waals surface area contributed by atoms with Gasteiger partial charge in [-0.15, -0.1) is 0 Å². The largest absolute Gasteiger partial charge is 0.477 e. The fourth-order valence-corrected chi connectivity index (χ4v) is 3.62. The zero-order valence-corrected chi connectivity index (χ0v) is 16.8. The average molecular weight is 378 g/mol. The third-order valence-electron chi connectivity index (χ3n) is 5.24. The van der Waals surface area contributed by atoms with Gasteiger partial charge in [-0.25, -0.2) is 4.79 Å². The molecular weight excluding hydrogens is 352 g/mol. The SMILES string of the molecule is CCn1c(C(=O)O)c(CC(=O)N(C)c2ccc(C(C)C)cc2)c2ccccc21. The summed E-state index contributed by atoms with van der Waals surface area (Å²) in [7, 11) is 1.73. The van der Waals surface area contributed by atoms with Gasteiger partial charge in [-0.1, -0.05) is 44.2 Å². The van der Waals surface area contributed by atoms with E-state index in [2.05, 4.69) is 13.8 Å². The van der Waals surface area contributed by atoms with Crippen LogP contribution in [0, 0.1) is 0 Å². The van der Waals surface area contributed by atoms with E-state index in [-0.39, 0.29) is 18.0 Å². The van der Waals surface area contributed by atoms with Crippen molar-refractivity contribution in [3.8, 4) is 0 Å². The first-order chi connectivity index (χ1) is 13.3. The van der Waals surface area contributed by atoms with E-state index in [1.54, 1.807) is 16.5 Å². The first kappa shape index (κ1) is 19.7. The summed E-state index contributed by atoms with van der Waals surface area (Å²) in [6.07, 6.45) is 0.0393. The summed E-state index contributed by atoms with van der Waals surface area (Å²) in [5, 5.41) is 10.6. The van der Waals surface area contributed by atoms with E-state index in [1.165, 1.54) is 5.56 Å². The van der Waals surface area contributed by atoms with Crippen LogP contribution in [0.1, 0.15) is 48.3 Å². The highest BCUT2D eigenvalue weighted by Crippen LogP contribution is 2.28. The smallest absolute Gasteiger partial charge is 0.352 e. The Bertz CT molecular complexity index is 1020. The number of hydrogen-bond donors (Lipinski definition) is 1. The van der Waals surface area contributed by atoms with Gasteiger partial charge in [0.1, 0.15) is 5.69 Å². The Balaban J connectivity index is 1.96. The molecule has 5 heteroatoms. The van der Waals surface area contributed by atoms with Gasteiger partial charge in [-0.2, -0.15) is 0 Å². The normalized spacial score (nSPS) is 11.2. The number of aromatic nitrogens is 1. The van der Waals surface area contributed by atoms with Crippen molar-refractivity contribution in [1.82, 2.24) is 4.57 Å². The summed E-state index contributed by atoms with van der Waals surface area (Å²) in [5.74, 6) is -0.725. The summed E-state index contributed by atoms with van der Waals surface area (Å²) in [6.45, 7) is 6.69.